The Hall–Kier alpha value is -2.44. The Labute approximate surface area is 171 Å². The second kappa shape index (κ2) is 8.93. The van der Waals surface area contributed by atoms with E-state index in [1.807, 2.05) is 18.2 Å². The standard InChI is InChI=1S/C23H29N3O3/c27-15-16-8-10-26(11-9-16)14-17-4-3-6-19(12-17)24-22(28)20-13-18-5-1-2-7-21(18)25-23(20)29/h3-4,6,12-13,16,27H,1-2,5,7-11,14-15H2,(H,24,28)(H,25,29). The lowest BCUT2D eigenvalue weighted by Crippen LogP contribution is -2.34. The quantitative estimate of drug-likeness (QED) is 0.727. The van der Waals surface area contributed by atoms with Gasteiger partial charge >= 0.3 is 0 Å². The maximum Gasteiger partial charge on any atom is 0.261 e. The molecular formula is C23H29N3O3. The predicted octanol–water partition coefficient (Wildman–Crippen LogP) is 2.71. The van der Waals surface area contributed by atoms with Crippen LogP contribution >= 0.6 is 0 Å². The van der Waals surface area contributed by atoms with E-state index < -0.39 is 0 Å². The van der Waals surface area contributed by atoms with Crippen molar-refractivity contribution < 1.29 is 9.90 Å². The summed E-state index contributed by atoms with van der Waals surface area (Å²) in [7, 11) is 0. The minimum absolute atomic E-state index is 0.183. The lowest BCUT2D eigenvalue weighted by atomic mass is 9.95. The fourth-order valence-electron chi connectivity index (χ4n) is 4.37. The van der Waals surface area contributed by atoms with Crippen molar-refractivity contribution in [1.29, 1.82) is 0 Å². The van der Waals surface area contributed by atoms with E-state index in [2.05, 4.69) is 21.3 Å². The maximum atomic E-state index is 12.7. The SMILES string of the molecule is O=C(Nc1cccc(CN2CCC(CO)CC2)c1)c1cc2c([nH]c1=O)CCCC2. The van der Waals surface area contributed by atoms with Crippen LogP contribution < -0.4 is 10.9 Å². The first-order chi connectivity index (χ1) is 14.1. The van der Waals surface area contributed by atoms with Crippen LogP contribution in [-0.2, 0) is 19.4 Å². The van der Waals surface area contributed by atoms with E-state index in [1.54, 1.807) is 6.07 Å². The molecule has 154 valence electrons. The van der Waals surface area contributed by atoms with Gasteiger partial charge in [0, 0.05) is 24.5 Å². The van der Waals surface area contributed by atoms with Crippen LogP contribution in [0.4, 0.5) is 5.69 Å². The van der Waals surface area contributed by atoms with E-state index in [9.17, 15) is 14.7 Å². The van der Waals surface area contributed by atoms with E-state index in [4.69, 9.17) is 0 Å². The smallest absolute Gasteiger partial charge is 0.261 e. The number of aromatic nitrogens is 1. The summed E-state index contributed by atoms with van der Waals surface area (Å²) in [6.45, 7) is 3.05. The molecule has 2 aromatic rings. The lowest BCUT2D eigenvalue weighted by molar-refractivity contribution is 0.102. The molecule has 0 atom stereocenters. The molecule has 1 aromatic carbocycles. The molecule has 1 aliphatic carbocycles. The lowest BCUT2D eigenvalue weighted by Gasteiger charge is -2.31. The van der Waals surface area contributed by atoms with E-state index in [1.165, 1.54) is 0 Å². The number of fused-ring (bicyclic) bond motifs is 1. The third-order valence-corrected chi connectivity index (χ3v) is 6.14. The Bertz CT molecular complexity index is 929. The molecule has 2 aliphatic rings. The summed E-state index contributed by atoms with van der Waals surface area (Å²) >= 11 is 0. The number of aromatic amines is 1. The highest BCUT2D eigenvalue weighted by atomic mass is 16.3. The number of rotatable bonds is 5. The fraction of sp³-hybridized carbons (Fsp3) is 0.478. The molecule has 4 rings (SSSR count). The van der Waals surface area contributed by atoms with Crippen LogP contribution in [0.3, 0.4) is 0 Å². The first-order valence-electron chi connectivity index (χ1n) is 10.6. The van der Waals surface area contributed by atoms with Gasteiger partial charge in [-0.05, 0) is 86.9 Å². The molecule has 0 spiro atoms. The largest absolute Gasteiger partial charge is 0.396 e. The second-order valence-corrected chi connectivity index (χ2v) is 8.28. The maximum absolute atomic E-state index is 12.7. The number of aliphatic hydroxyl groups is 1. The molecule has 0 saturated carbocycles. The molecule has 1 fully saturated rings. The number of likely N-dealkylation sites (tertiary alicyclic amines) is 1. The molecule has 1 aliphatic heterocycles. The summed E-state index contributed by atoms with van der Waals surface area (Å²) in [6.07, 6.45) is 6.01. The van der Waals surface area contributed by atoms with Crippen molar-refractivity contribution in [2.45, 2.75) is 45.1 Å². The Kier molecular flexibility index (Phi) is 6.11. The molecule has 6 heteroatoms. The third-order valence-electron chi connectivity index (χ3n) is 6.14. The normalized spacial score (nSPS) is 17.7. The summed E-state index contributed by atoms with van der Waals surface area (Å²) in [4.78, 5) is 30.4. The van der Waals surface area contributed by atoms with Gasteiger partial charge in [0.2, 0.25) is 0 Å². The Morgan fingerprint density at radius 2 is 1.97 bits per heavy atom. The van der Waals surface area contributed by atoms with Crippen LogP contribution in [0, 0.1) is 5.92 Å². The first-order valence-corrected chi connectivity index (χ1v) is 10.6. The van der Waals surface area contributed by atoms with E-state index in [-0.39, 0.29) is 23.6 Å². The molecule has 6 nitrogen and oxygen atoms in total. The highest BCUT2D eigenvalue weighted by molar-refractivity contribution is 6.04. The first kappa shape index (κ1) is 19.9. The van der Waals surface area contributed by atoms with Gasteiger partial charge in [0.25, 0.3) is 11.5 Å². The molecule has 2 heterocycles. The van der Waals surface area contributed by atoms with Crippen LogP contribution in [0.25, 0.3) is 0 Å². The minimum atomic E-state index is -0.361. The number of anilines is 1. The number of carbonyl (C=O) groups is 1. The fourth-order valence-corrected chi connectivity index (χ4v) is 4.37. The van der Waals surface area contributed by atoms with Crippen molar-refractivity contribution in [2.24, 2.45) is 5.92 Å². The number of hydrogen-bond donors (Lipinski definition) is 3. The van der Waals surface area contributed by atoms with Crippen molar-refractivity contribution in [3.8, 4) is 0 Å². The van der Waals surface area contributed by atoms with E-state index in [0.29, 0.717) is 11.6 Å². The van der Waals surface area contributed by atoms with Crippen LogP contribution in [0.5, 0.6) is 0 Å². The summed E-state index contributed by atoms with van der Waals surface area (Å²) < 4.78 is 0. The molecule has 29 heavy (non-hydrogen) atoms. The Balaban J connectivity index is 1.43. The second-order valence-electron chi connectivity index (χ2n) is 8.28. The van der Waals surface area contributed by atoms with Crippen LogP contribution in [0.1, 0.15) is 52.9 Å². The zero-order valence-corrected chi connectivity index (χ0v) is 16.7. The molecule has 1 saturated heterocycles. The Morgan fingerprint density at radius 3 is 2.76 bits per heavy atom. The number of benzene rings is 1. The summed E-state index contributed by atoms with van der Waals surface area (Å²) in [6, 6.07) is 9.58. The molecule has 3 N–H and O–H groups in total. The molecule has 0 bridgehead atoms. The number of piperidine rings is 1. The van der Waals surface area contributed by atoms with Crippen molar-refractivity contribution in [3.63, 3.8) is 0 Å². The van der Waals surface area contributed by atoms with Gasteiger partial charge in [0.1, 0.15) is 5.56 Å². The van der Waals surface area contributed by atoms with E-state index >= 15 is 0 Å². The Morgan fingerprint density at radius 1 is 1.17 bits per heavy atom. The molecule has 0 unspecified atom stereocenters. The molecular weight excluding hydrogens is 366 g/mol. The number of hydrogen-bond acceptors (Lipinski definition) is 4. The number of amides is 1. The van der Waals surface area contributed by atoms with Crippen molar-refractivity contribution in [1.82, 2.24) is 9.88 Å². The number of pyridine rings is 1. The monoisotopic (exact) mass is 395 g/mol. The predicted molar refractivity (Wildman–Crippen MR) is 113 cm³/mol. The molecule has 0 radical (unpaired) electrons. The van der Waals surface area contributed by atoms with Gasteiger partial charge in [-0.1, -0.05) is 12.1 Å². The average Bonchev–Trinajstić information content (AvgIpc) is 2.74. The number of aliphatic hydroxyl groups excluding tert-OH is 1. The number of nitrogens with one attached hydrogen (secondary N) is 2. The highest BCUT2D eigenvalue weighted by Crippen LogP contribution is 2.21. The summed E-state index contributed by atoms with van der Waals surface area (Å²) in [5.41, 5.74) is 3.76. The van der Waals surface area contributed by atoms with Crippen molar-refractivity contribution >= 4 is 11.6 Å². The minimum Gasteiger partial charge on any atom is -0.396 e. The van der Waals surface area contributed by atoms with Crippen molar-refractivity contribution in [2.75, 3.05) is 25.0 Å². The average molecular weight is 396 g/mol. The third kappa shape index (κ3) is 4.77. The zero-order valence-electron chi connectivity index (χ0n) is 16.7. The highest BCUT2D eigenvalue weighted by Gasteiger charge is 2.19. The molecule has 1 aromatic heterocycles. The van der Waals surface area contributed by atoms with Crippen molar-refractivity contribution in [3.05, 3.63) is 63.1 Å². The summed E-state index contributed by atoms with van der Waals surface area (Å²) in [5.74, 6) is 0.0621. The number of nitrogens with zero attached hydrogens (tertiary/aromatic N) is 1. The van der Waals surface area contributed by atoms with E-state index in [0.717, 1.165) is 75.0 Å². The van der Waals surface area contributed by atoms with Gasteiger partial charge < -0.3 is 15.4 Å². The number of aryl methyl sites for hydroxylation is 2. The van der Waals surface area contributed by atoms with Gasteiger partial charge in [0.05, 0.1) is 0 Å². The molecule has 1 amide bonds. The van der Waals surface area contributed by atoms with Gasteiger partial charge in [-0.25, -0.2) is 0 Å². The number of H-pyrrole nitrogens is 1. The zero-order chi connectivity index (χ0) is 20.2. The topological polar surface area (TPSA) is 85.4 Å². The van der Waals surface area contributed by atoms with Gasteiger partial charge in [-0.3, -0.25) is 14.5 Å². The van der Waals surface area contributed by atoms with Crippen LogP contribution in [-0.4, -0.2) is 40.6 Å². The van der Waals surface area contributed by atoms with Crippen LogP contribution in [0.15, 0.2) is 35.1 Å². The van der Waals surface area contributed by atoms with Gasteiger partial charge in [-0.15, -0.1) is 0 Å². The summed E-state index contributed by atoms with van der Waals surface area (Å²) in [5, 5.41) is 12.2. The van der Waals surface area contributed by atoms with Crippen LogP contribution in [0.2, 0.25) is 0 Å². The van der Waals surface area contributed by atoms with Gasteiger partial charge in [0.15, 0.2) is 0 Å². The number of carbonyl (C=O) groups excluding carboxylic acids is 1. The van der Waals surface area contributed by atoms with Gasteiger partial charge in [-0.2, -0.15) is 0 Å².